The molecule has 0 aromatic heterocycles. The number of nitrogens with zero attached hydrogens (tertiary/aromatic N) is 2. The number of sulfonamides is 1. The Bertz CT molecular complexity index is 677. The van der Waals surface area contributed by atoms with Gasteiger partial charge in [-0.15, -0.1) is 0 Å². The van der Waals surface area contributed by atoms with Crippen LogP contribution in [0.25, 0.3) is 0 Å². The molecule has 2 heterocycles. The first kappa shape index (κ1) is 17.2. The van der Waals surface area contributed by atoms with Gasteiger partial charge >= 0.3 is 0 Å². The van der Waals surface area contributed by atoms with Crippen molar-refractivity contribution >= 4 is 15.9 Å². The molecule has 2 aliphatic rings. The van der Waals surface area contributed by atoms with Crippen molar-refractivity contribution in [2.24, 2.45) is 5.92 Å². The van der Waals surface area contributed by atoms with Crippen LogP contribution >= 0.6 is 0 Å². The molecule has 7 heteroatoms. The molecule has 0 N–H and O–H groups in total. The van der Waals surface area contributed by atoms with Crippen LogP contribution in [0.2, 0.25) is 0 Å². The maximum absolute atomic E-state index is 12.5. The fraction of sp³-hybridized carbons (Fsp3) is 0.588. The molecule has 1 aromatic carbocycles. The molecule has 0 radical (unpaired) electrons. The minimum Gasteiger partial charge on any atom is -0.484 e. The molecule has 1 aromatic rings. The Balaban J connectivity index is 1.58. The molecule has 2 fully saturated rings. The van der Waals surface area contributed by atoms with Crippen LogP contribution in [0.3, 0.4) is 0 Å². The van der Waals surface area contributed by atoms with E-state index in [4.69, 9.17) is 4.74 Å². The normalized spacial score (nSPS) is 26.6. The standard InChI is InChI=1S/C17H24N2O4S/c1-2-19-12-14-8-10-18(11-9-16(14)24(19,21)22)17(20)13-23-15-6-4-3-5-7-15/h3-7,14,16H,2,8-13H2,1H3/t14-,16-/m0/s1. The van der Waals surface area contributed by atoms with Crippen LogP contribution in [-0.2, 0) is 14.8 Å². The van der Waals surface area contributed by atoms with Gasteiger partial charge in [0.15, 0.2) is 6.61 Å². The monoisotopic (exact) mass is 352 g/mol. The molecule has 1 amide bonds. The van der Waals surface area contributed by atoms with Gasteiger partial charge in [-0.3, -0.25) is 4.79 Å². The van der Waals surface area contributed by atoms with E-state index >= 15 is 0 Å². The van der Waals surface area contributed by atoms with E-state index in [-0.39, 0.29) is 23.7 Å². The van der Waals surface area contributed by atoms with E-state index in [2.05, 4.69) is 0 Å². The Labute approximate surface area is 143 Å². The van der Waals surface area contributed by atoms with Crippen LogP contribution in [0.15, 0.2) is 30.3 Å². The van der Waals surface area contributed by atoms with Gasteiger partial charge < -0.3 is 9.64 Å². The number of fused-ring (bicyclic) bond motifs is 1. The van der Waals surface area contributed by atoms with E-state index in [1.54, 1.807) is 9.21 Å². The van der Waals surface area contributed by atoms with Crippen molar-refractivity contribution in [2.45, 2.75) is 25.0 Å². The molecule has 0 spiro atoms. The zero-order chi connectivity index (χ0) is 17.2. The summed E-state index contributed by atoms with van der Waals surface area (Å²) in [5.41, 5.74) is 0. The highest BCUT2D eigenvalue weighted by molar-refractivity contribution is 7.90. The van der Waals surface area contributed by atoms with Crippen LogP contribution < -0.4 is 4.74 Å². The van der Waals surface area contributed by atoms with Crippen molar-refractivity contribution in [2.75, 3.05) is 32.8 Å². The summed E-state index contributed by atoms with van der Waals surface area (Å²) < 4.78 is 32.1. The SMILES string of the molecule is CCN1C[C@@H]2CCN(C(=O)COc3ccccc3)CC[C@@H]2S1(=O)=O. The quantitative estimate of drug-likeness (QED) is 0.820. The van der Waals surface area contributed by atoms with Gasteiger partial charge in [-0.1, -0.05) is 25.1 Å². The number of para-hydroxylation sites is 1. The highest BCUT2D eigenvalue weighted by Crippen LogP contribution is 2.34. The maximum atomic E-state index is 12.5. The highest BCUT2D eigenvalue weighted by atomic mass is 32.2. The van der Waals surface area contributed by atoms with E-state index in [1.165, 1.54) is 0 Å². The first-order valence-electron chi connectivity index (χ1n) is 8.47. The topological polar surface area (TPSA) is 66.9 Å². The molecule has 0 saturated carbocycles. The lowest BCUT2D eigenvalue weighted by atomic mass is 10.0. The van der Waals surface area contributed by atoms with Crippen LogP contribution in [0.1, 0.15) is 19.8 Å². The highest BCUT2D eigenvalue weighted by Gasteiger charge is 2.46. The molecule has 2 aliphatic heterocycles. The second-order valence-corrected chi connectivity index (χ2v) is 8.51. The number of carbonyl (C=O) groups excluding carboxylic acids is 1. The molecule has 24 heavy (non-hydrogen) atoms. The first-order chi connectivity index (χ1) is 11.5. The predicted molar refractivity (Wildman–Crippen MR) is 91.2 cm³/mol. The zero-order valence-corrected chi connectivity index (χ0v) is 14.7. The van der Waals surface area contributed by atoms with Crippen molar-refractivity contribution in [1.29, 1.82) is 0 Å². The number of carbonyl (C=O) groups is 1. The first-order valence-corrected chi connectivity index (χ1v) is 9.97. The van der Waals surface area contributed by atoms with Crippen LogP contribution in [0.5, 0.6) is 5.75 Å². The largest absolute Gasteiger partial charge is 0.484 e. The second kappa shape index (κ2) is 7.11. The number of hydrogen-bond acceptors (Lipinski definition) is 4. The third kappa shape index (κ3) is 3.42. The number of ether oxygens (including phenoxy) is 1. The van der Waals surface area contributed by atoms with Gasteiger partial charge in [-0.25, -0.2) is 12.7 Å². The molecule has 3 rings (SSSR count). The summed E-state index contributed by atoms with van der Waals surface area (Å²) >= 11 is 0. The minimum absolute atomic E-state index is 0.00676. The Morgan fingerprint density at radius 3 is 2.62 bits per heavy atom. The van der Waals surface area contributed by atoms with Gasteiger partial charge in [-0.05, 0) is 30.9 Å². The summed E-state index contributed by atoms with van der Waals surface area (Å²) in [7, 11) is -3.20. The Morgan fingerprint density at radius 1 is 1.21 bits per heavy atom. The Morgan fingerprint density at radius 2 is 1.92 bits per heavy atom. The molecule has 6 nitrogen and oxygen atoms in total. The van der Waals surface area contributed by atoms with E-state index in [1.807, 2.05) is 37.3 Å². The van der Waals surface area contributed by atoms with Crippen LogP contribution in [-0.4, -0.2) is 61.6 Å². The van der Waals surface area contributed by atoms with Crippen molar-refractivity contribution in [1.82, 2.24) is 9.21 Å². The van der Waals surface area contributed by atoms with E-state index in [0.717, 1.165) is 6.42 Å². The van der Waals surface area contributed by atoms with Gasteiger partial charge in [0, 0.05) is 26.2 Å². The third-order valence-corrected chi connectivity index (χ3v) is 7.48. The third-order valence-electron chi connectivity index (χ3n) is 4.97. The Hall–Kier alpha value is -1.60. The summed E-state index contributed by atoms with van der Waals surface area (Å²) in [5.74, 6) is 0.713. The predicted octanol–water partition coefficient (Wildman–Crippen LogP) is 1.34. The fourth-order valence-corrected chi connectivity index (χ4v) is 5.86. The Kier molecular flexibility index (Phi) is 5.10. The maximum Gasteiger partial charge on any atom is 0.260 e. The van der Waals surface area contributed by atoms with Crippen molar-refractivity contribution < 1.29 is 17.9 Å². The smallest absolute Gasteiger partial charge is 0.260 e. The number of benzene rings is 1. The summed E-state index contributed by atoms with van der Waals surface area (Å²) in [6, 6.07) is 9.23. The van der Waals surface area contributed by atoms with Crippen molar-refractivity contribution in [3.8, 4) is 5.75 Å². The molecular formula is C17H24N2O4S. The lowest BCUT2D eigenvalue weighted by Crippen LogP contribution is -2.37. The number of amides is 1. The fourth-order valence-electron chi connectivity index (χ4n) is 3.61. The average molecular weight is 352 g/mol. The molecular weight excluding hydrogens is 328 g/mol. The van der Waals surface area contributed by atoms with Crippen LogP contribution in [0.4, 0.5) is 0 Å². The second-order valence-electron chi connectivity index (χ2n) is 6.35. The molecule has 2 saturated heterocycles. The molecule has 132 valence electrons. The van der Waals surface area contributed by atoms with Gasteiger partial charge in [0.25, 0.3) is 5.91 Å². The summed E-state index contributed by atoms with van der Waals surface area (Å²) in [6.45, 7) is 4.07. The van der Waals surface area contributed by atoms with Crippen molar-refractivity contribution in [3.05, 3.63) is 30.3 Å². The lowest BCUT2D eigenvalue weighted by molar-refractivity contribution is -0.133. The number of rotatable bonds is 4. The summed E-state index contributed by atoms with van der Waals surface area (Å²) in [6.07, 6.45) is 1.25. The van der Waals surface area contributed by atoms with Gasteiger partial charge in [-0.2, -0.15) is 0 Å². The van der Waals surface area contributed by atoms with Crippen LogP contribution in [0, 0.1) is 5.92 Å². The molecule has 0 aliphatic carbocycles. The number of likely N-dealkylation sites (tertiary alicyclic amines) is 1. The van der Waals surface area contributed by atoms with Crippen molar-refractivity contribution in [3.63, 3.8) is 0 Å². The molecule has 0 bridgehead atoms. The summed E-state index contributed by atoms with van der Waals surface area (Å²) in [4.78, 5) is 14.1. The van der Waals surface area contributed by atoms with E-state index in [0.29, 0.717) is 38.3 Å². The molecule has 0 unspecified atom stereocenters. The lowest BCUT2D eigenvalue weighted by Gasteiger charge is -2.22. The van der Waals surface area contributed by atoms with E-state index in [9.17, 15) is 13.2 Å². The van der Waals surface area contributed by atoms with Gasteiger partial charge in [0.05, 0.1) is 5.25 Å². The van der Waals surface area contributed by atoms with Gasteiger partial charge in [0.1, 0.15) is 5.75 Å². The van der Waals surface area contributed by atoms with E-state index < -0.39 is 10.0 Å². The molecule has 2 atom stereocenters. The minimum atomic E-state index is -3.20. The number of hydrogen-bond donors (Lipinski definition) is 0. The zero-order valence-electron chi connectivity index (χ0n) is 13.9. The summed E-state index contributed by atoms with van der Waals surface area (Å²) in [5, 5.41) is -0.342. The van der Waals surface area contributed by atoms with Gasteiger partial charge in [0.2, 0.25) is 10.0 Å². The average Bonchev–Trinajstić information content (AvgIpc) is 2.73.